The molecule has 2 rings (SSSR count). The second kappa shape index (κ2) is 7.14. The first-order valence-electron chi connectivity index (χ1n) is 6.57. The fourth-order valence-corrected chi connectivity index (χ4v) is 2.30. The molecule has 0 bridgehead atoms. The number of nitrogens with two attached hydrogens (primary N) is 1. The Morgan fingerprint density at radius 1 is 1.39 bits per heavy atom. The summed E-state index contributed by atoms with van der Waals surface area (Å²) in [6.07, 6.45) is -4.57. The second-order valence-corrected chi connectivity index (χ2v) is 4.95. The maximum Gasteiger partial charge on any atom is 0.433 e. The highest BCUT2D eigenvalue weighted by atomic mass is 35.5. The number of nitrogens with zero attached hydrogens (tertiary/aromatic N) is 2. The topological polar surface area (TPSA) is 88.3 Å². The lowest BCUT2D eigenvalue weighted by Crippen LogP contribution is -2.58. The van der Waals surface area contributed by atoms with Crippen LogP contribution in [-0.2, 0) is 11.0 Å². The smallest absolute Gasteiger partial charge is 0.368 e. The lowest BCUT2D eigenvalue weighted by Gasteiger charge is -2.34. The molecule has 1 atom stereocenters. The van der Waals surface area contributed by atoms with E-state index in [1.165, 1.54) is 11.8 Å². The molecule has 0 aliphatic carbocycles. The Morgan fingerprint density at radius 3 is 2.57 bits per heavy atom. The number of alkyl halides is 3. The predicted molar refractivity (Wildman–Crippen MR) is 78.1 cm³/mol. The molecule has 0 saturated carbocycles. The van der Waals surface area contributed by atoms with Crippen LogP contribution in [0, 0.1) is 6.92 Å². The number of carbonyl (C=O) groups excluding carboxylic acids is 2. The standard InChI is InChI=1S/C13H15F3N4O2.ClH/c1-7-8(2-3-10(19-7)13(14,15)16)12(22)20-5-4-18-6-9(20)11(17)21;/h2-3,9,18H,4-6H2,1H3,(H2,17,21);1H. The Hall–Kier alpha value is -1.87. The van der Waals surface area contributed by atoms with Gasteiger partial charge in [-0.25, -0.2) is 4.98 Å². The van der Waals surface area contributed by atoms with Crippen molar-refractivity contribution in [1.29, 1.82) is 0 Å². The number of piperazine rings is 1. The zero-order valence-corrected chi connectivity index (χ0v) is 13.0. The number of nitrogens with one attached hydrogen (secondary N) is 1. The molecule has 0 spiro atoms. The molecule has 1 aliphatic rings. The van der Waals surface area contributed by atoms with Crippen molar-refractivity contribution in [3.8, 4) is 0 Å². The monoisotopic (exact) mass is 352 g/mol. The quantitative estimate of drug-likeness (QED) is 0.821. The summed E-state index contributed by atoms with van der Waals surface area (Å²) < 4.78 is 37.8. The van der Waals surface area contributed by atoms with Gasteiger partial charge in [0.05, 0.1) is 11.3 Å². The van der Waals surface area contributed by atoms with Crippen LogP contribution in [0.1, 0.15) is 21.7 Å². The summed E-state index contributed by atoms with van der Waals surface area (Å²) in [6.45, 7) is 2.26. The van der Waals surface area contributed by atoms with E-state index in [1.807, 2.05) is 0 Å². The summed E-state index contributed by atoms with van der Waals surface area (Å²) in [6, 6.07) is 0.998. The Balaban J connectivity index is 0.00000264. The normalized spacial score (nSPS) is 18.3. The summed E-state index contributed by atoms with van der Waals surface area (Å²) in [4.78, 5) is 28.5. The first-order valence-corrected chi connectivity index (χ1v) is 6.57. The number of hydrogen-bond acceptors (Lipinski definition) is 4. The molecule has 1 saturated heterocycles. The van der Waals surface area contributed by atoms with Crippen molar-refractivity contribution in [2.45, 2.75) is 19.1 Å². The van der Waals surface area contributed by atoms with Gasteiger partial charge >= 0.3 is 6.18 Å². The molecule has 1 aromatic rings. The molecule has 1 aliphatic heterocycles. The summed E-state index contributed by atoms with van der Waals surface area (Å²) in [5.41, 5.74) is 4.18. The van der Waals surface area contributed by atoms with Crippen LogP contribution in [0.15, 0.2) is 12.1 Å². The van der Waals surface area contributed by atoms with E-state index in [9.17, 15) is 22.8 Å². The number of pyridine rings is 1. The van der Waals surface area contributed by atoms with Crippen molar-refractivity contribution in [2.75, 3.05) is 19.6 Å². The largest absolute Gasteiger partial charge is 0.433 e. The first-order chi connectivity index (χ1) is 10.2. The van der Waals surface area contributed by atoms with Crippen LogP contribution in [0.4, 0.5) is 13.2 Å². The van der Waals surface area contributed by atoms with Crippen molar-refractivity contribution in [1.82, 2.24) is 15.2 Å². The Bertz CT molecular complexity index is 609. The van der Waals surface area contributed by atoms with Crippen LogP contribution in [-0.4, -0.2) is 47.4 Å². The lowest BCUT2D eigenvalue weighted by atomic mass is 10.1. The summed E-state index contributed by atoms with van der Waals surface area (Å²) in [5, 5.41) is 2.94. The number of aromatic nitrogens is 1. The van der Waals surface area contributed by atoms with E-state index < -0.39 is 29.7 Å². The molecule has 23 heavy (non-hydrogen) atoms. The summed E-state index contributed by atoms with van der Waals surface area (Å²) in [5.74, 6) is -1.22. The van der Waals surface area contributed by atoms with Crippen LogP contribution in [0.5, 0.6) is 0 Å². The molecule has 128 valence electrons. The van der Waals surface area contributed by atoms with E-state index >= 15 is 0 Å². The second-order valence-electron chi connectivity index (χ2n) is 4.95. The van der Waals surface area contributed by atoms with Gasteiger partial charge in [-0.05, 0) is 19.1 Å². The summed E-state index contributed by atoms with van der Waals surface area (Å²) >= 11 is 0. The molecular formula is C13H16ClF3N4O2. The average Bonchev–Trinajstić information content (AvgIpc) is 2.45. The molecule has 2 heterocycles. The fourth-order valence-electron chi connectivity index (χ4n) is 2.30. The molecule has 10 heteroatoms. The number of carbonyl (C=O) groups is 2. The Kier molecular flexibility index (Phi) is 5.95. The van der Waals surface area contributed by atoms with E-state index in [1.54, 1.807) is 0 Å². The van der Waals surface area contributed by atoms with Gasteiger partial charge in [-0.1, -0.05) is 0 Å². The van der Waals surface area contributed by atoms with Gasteiger partial charge in [-0.3, -0.25) is 9.59 Å². The van der Waals surface area contributed by atoms with Crippen molar-refractivity contribution in [3.05, 3.63) is 29.1 Å². The van der Waals surface area contributed by atoms with Crippen LogP contribution in [0.25, 0.3) is 0 Å². The highest BCUT2D eigenvalue weighted by molar-refractivity contribution is 5.98. The van der Waals surface area contributed by atoms with Gasteiger partial charge in [0.25, 0.3) is 5.91 Å². The van der Waals surface area contributed by atoms with Gasteiger partial charge in [-0.15, -0.1) is 12.4 Å². The van der Waals surface area contributed by atoms with Gasteiger partial charge in [0.15, 0.2) is 0 Å². The van der Waals surface area contributed by atoms with Gasteiger partial charge in [0.1, 0.15) is 11.7 Å². The molecule has 1 aromatic heterocycles. The van der Waals surface area contributed by atoms with Crippen molar-refractivity contribution in [2.24, 2.45) is 5.73 Å². The minimum Gasteiger partial charge on any atom is -0.368 e. The maximum atomic E-state index is 12.6. The SMILES string of the molecule is Cc1nc(C(F)(F)F)ccc1C(=O)N1CCNCC1C(N)=O.Cl. The van der Waals surface area contributed by atoms with Gasteiger partial charge in [0, 0.05) is 19.6 Å². The number of primary amides is 1. The predicted octanol–water partition coefficient (Wildman–Crippen LogP) is 0.730. The van der Waals surface area contributed by atoms with E-state index in [0.29, 0.717) is 6.54 Å². The fraction of sp³-hybridized carbons (Fsp3) is 0.462. The minimum atomic E-state index is -4.57. The number of halogens is 4. The number of aryl methyl sites for hydroxylation is 1. The number of amides is 2. The minimum absolute atomic E-state index is 0. The molecule has 3 N–H and O–H groups in total. The first kappa shape index (κ1) is 19.2. The zero-order chi connectivity index (χ0) is 16.5. The molecular weight excluding hydrogens is 337 g/mol. The molecule has 6 nitrogen and oxygen atoms in total. The van der Waals surface area contributed by atoms with Crippen LogP contribution in [0.2, 0.25) is 0 Å². The number of hydrogen-bond donors (Lipinski definition) is 2. The number of rotatable bonds is 2. The highest BCUT2D eigenvalue weighted by Crippen LogP contribution is 2.28. The van der Waals surface area contributed by atoms with Gasteiger partial charge in [0.2, 0.25) is 5.91 Å². The van der Waals surface area contributed by atoms with E-state index in [0.717, 1.165) is 12.1 Å². The maximum absolute atomic E-state index is 12.6. The third-order valence-corrected chi connectivity index (χ3v) is 3.44. The molecule has 1 fully saturated rings. The average molecular weight is 353 g/mol. The third-order valence-electron chi connectivity index (χ3n) is 3.44. The van der Waals surface area contributed by atoms with E-state index in [4.69, 9.17) is 5.73 Å². The zero-order valence-electron chi connectivity index (χ0n) is 12.2. The van der Waals surface area contributed by atoms with Gasteiger partial charge < -0.3 is 16.0 Å². The van der Waals surface area contributed by atoms with Crippen LogP contribution in [0.3, 0.4) is 0 Å². The molecule has 0 aromatic carbocycles. The van der Waals surface area contributed by atoms with Crippen molar-refractivity contribution >= 4 is 24.2 Å². The van der Waals surface area contributed by atoms with Crippen LogP contribution < -0.4 is 11.1 Å². The highest BCUT2D eigenvalue weighted by Gasteiger charge is 2.35. The lowest BCUT2D eigenvalue weighted by molar-refractivity contribution is -0.141. The molecule has 2 amide bonds. The van der Waals surface area contributed by atoms with Gasteiger partial charge in [-0.2, -0.15) is 13.2 Å². The molecule has 1 unspecified atom stereocenters. The van der Waals surface area contributed by atoms with E-state index in [-0.39, 0.29) is 36.8 Å². The van der Waals surface area contributed by atoms with Crippen molar-refractivity contribution < 1.29 is 22.8 Å². The summed E-state index contributed by atoms with van der Waals surface area (Å²) in [7, 11) is 0. The third kappa shape index (κ3) is 4.11. The van der Waals surface area contributed by atoms with Crippen molar-refractivity contribution in [3.63, 3.8) is 0 Å². The Labute approximate surface area is 136 Å². The van der Waals surface area contributed by atoms with E-state index in [2.05, 4.69) is 10.3 Å². The molecule has 0 radical (unpaired) electrons. The van der Waals surface area contributed by atoms with Crippen LogP contribution >= 0.6 is 12.4 Å². The Morgan fingerprint density at radius 2 is 2.04 bits per heavy atom.